The standard InChI is InChI=1S/C20H20O7/c1-19(26,12-21)20(27,17(24)14-10-6-3-7-11-14)18(25)16(23)15(22)13-8-4-2-5-9-13/h2-12,16,18,23,25-27H,1H3. The molecular weight excluding hydrogens is 352 g/mol. The number of Topliss-reactive ketones (excluding diaryl/α,β-unsaturated/α-hetero) is 2. The number of rotatable bonds is 8. The summed E-state index contributed by atoms with van der Waals surface area (Å²) in [5, 5.41) is 42.0. The zero-order valence-corrected chi connectivity index (χ0v) is 14.5. The van der Waals surface area contributed by atoms with Gasteiger partial charge in [-0.15, -0.1) is 0 Å². The molecule has 142 valence electrons. The molecule has 0 spiro atoms. The molecule has 0 aliphatic carbocycles. The van der Waals surface area contributed by atoms with Crippen molar-refractivity contribution in [1.29, 1.82) is 0 Å². The van der Waals surface area contributed by atoms with Gasteiger partial charge in [-0.3, -0.25) is 9.59 Å². The fourth-order valence-electron chi connectivity index (χ4n) is 2.71. The Labute approximate surface area is 155 Å². The van der Waals surface area contributed by atoms with E-state index in [1.807, 2.05) is 0 Å². The molecule has 0 bridgehead atoms. The summed E-state index contributed by atoms with van der Waals surface area (Å²) in [7, 11) is 0. The van der Waals surface area contributed by atoms with Crippen LogP contribution in [0.4, 0.5) is 0 Å². The van der Waals surface area contributed by atoms with Crippen molar-refractivity contribution in [3.63, 3.8) is 0 Å². The van der Waals surface area contributed by atoms with Crippen LogP contribution >= 0.6 is 0 Å². The third kappa shape index (κ3) is 3.72. The van der Waals surface area contributed by atoms with Crippen LogP contribution in [0.5, 0.6) is 0 Å². The molecule has 27 heavy (non-hydrogen) atoms. The van der Waals surface area contributed by atoms with Crippen molar-refractivity contribution in [1.82, 2.24) is 0 Å². The fraction of sp³-hybridized carbons (Fsp3) is 0.250. The summed E-state index contributed by atoms with van der Waals surface area (Å²) in [4.78, 5) is 36.6. The molecule has 0 heterocycles. The number of ketones is 2. The Bertz CT molecular complexity index is 817. The zero-order valence-electron chi connectivity index (χ0n) is 14.5. The highest BCUT2D eigenvalue weighted by Gasteiger charge is 2.60. The molecule has 4 N–H and O–H groups in total. The van der Waals surface area contributed by atoms with Crippen LogP contribution in [0.15, 0.2) is 60.7 Å². The first kappa shape index (κ1) is 20.6. The lowest BCUT2D eigenvalue weighted by Crippen LogP contribution is -2.69. The number of aliphatic hydroxyl groups is 4. The van der Waals surface area contributed by atoms with E-state index in [9.17, 15) is 34.8 Å². The smallest absolute Gasteiger partial charge is 0.200 e. The Kier molecular flexibility index (Phi) is 6.02. The molecule has 0 fully saturated rings. The van der Waals surface area contributed by atoms with Crippen LogP contribution in [-0.4, -0.2) is 61.7 Å². The summed E-state index contributed by atoms with van der Waals surface area (Å²) < 4.78 is 0. The Morgan fingerprint density at radius 2 is 1.33 bits per heavy atom. The van der Waals surface area contributed by atoms with Gasteiger partial charge in [0.05, 0.1) is 0 Å². The highest BCUT2D eigenvalue weighted by Crippen LogP contribution is 2.31. The van der Waals surface area contributed by atoms with E-state index in [2.05, 4.69) is 0 Å². The number of carbonyl (C=O) groups excluding carboxylic acids is 3. The Morgan fingerprint density at radius 1 is 0.889 bits per heavy atom. The maximum Gasteiger partial charge on any atom is 0.200 e. The van der Waals surface area contributed by atoms with Crippen molar-refractivity contribution in [2.75, 3.05) is 0 Å². The van der Waals surface area contributed by atoms with Gasteiger partial charge in [0.25, 0.3) is 0 Å². The van der Waals surface area contributed by atoms with Crippen molar-refractivity contribution >= 4 is 17.9 Å². The molecule has 2 aromatic carbocycles. The lowest BCUT2D eigenvalue weighted by molar-refractivity contribution is -0.181. The van der Waals surface area contributed by atoms with E-state index in [1.54, 1.807) is 12.1 Å². The Hall–Kier alpha value is -2.71. The summed E-state index contributed by atoms with van der Waals surface area (Å²) in [6.45, 7) is 0.809. The first-order valence-electron chi connectivity index (χ1n) is 8.13. The molecule has 0 radical (unpaired) electrons. The second-order valence-electron chi connectivity index (χ2n) is 6.35. The minimum absolute atomic E-state index is 0.0179. The van der Waals surface area contributed by atoms with Gasteiger partial charge in [-0.1, -0.05) is 60.7 Å². The third-order valence-electron chi connectivity index (χ3n) is 4.44. The van der Waals surface area contributed by atoms with E-state index in [0.717, 1.165) is 6.92 Å². The van der Waals surface area contributed by atoms with Crippen LogP contribution in [-0.2, 0) is 4.79 Å². The van der Waals surface area contributed by atoms with Gasteiger partial charge in [0, 0.05) is 11.1 Å². The van der Waals surface area contributed by atoms with Gasteiger partial charge in [-0.05, 0) is 6.92 Å². The molecule has 0 aromatic heterocycles. The van der Waals surface area contributed by atoms with Crippen molar-refractivity contribution in [2.45, 2.75) is 30.3 Å². The molecule has 2 rings (SSSR count). The van der Waals surface area contributed by atoms with Crippen LogP contribution < -0.4 is 0 Å². The minimum Gasteiger partial charge on any atom is -0.386 e. The number of aldehydes is 1. The lowest BCUT2D eigenvalue weighted by Gasteiger charge is -2.40. The molecule has 0 saturated heterocycles. The van der Waals surface area contributed by atoms with Crippen molar-refractivity contribution < 1.29 is 34.8 Å². The topological polar surface area (TPSA) is 132 Å². The summed E-state index contributed by atoms with van der Waals surface area (Å²) in [5.41, 5.74) is -6.05. The molecule has 2 aromatic rings. The maximum absolute atomic E-state index is 12.8. The summed E-state index contributed by atoms with van der Waals surface area (Å²) in [5.74, 6) is -2.20. The SMILES string of the molecule is CC(O)(C=O)C(O)(C(=O)c1ccccc1)C(O)C(O)C(=O)c1ccccc1. The second-order valence-corrected chi connectivity index (χ2v) is 6.35. The van der Waals surface area contributed by atoms with Crippen molar-refractivity contribution in [2.24, 2.45) is 0 Å². The molecule has 4 atom stereocenters. The number of hydrogen-bond donors (Lipinski definition) is 4. The molecule has 0 saturated carbocycles. The van der Waals surface area contributed by atoms with E-state index in [0.29, 0.717) is 0 Å². The predicted molar refractivity (Wildman–Crippen MR) is 95.2 cm³/mol. The van der Waals surface area contributed by atoms with Crippen molar-refractivity contribution in [3.05, 3.63) is 71.8 Å². The Balaban J connectivity index is 2.49. The molecule has 0 aliphatic heterocycles. The minimum atomic E-state index is -3.17. The number of hydrogen-bond acceptors (Lipinski definition) is 7. The van der Waals surface area contributed by atoms with Crippen LogP contribution in [0.25, 0.3) is 0 Å². The lowest BCUT2D eigenvalue weighted by atomic mass is 9.73. The summed E-state index contributed by atoms with van der Waals surface area (Å²) in [6.07, 6.45) is -4.87. The fourth-order valence-corrected chi connectivity index (χ4v) is 2.71. The number of aliphatic hydroxyl groups excluding tert-OH is 2. The first-order valence-corrected chi connectivity index (χ1v) is 8.13. The molecule has 7 nitrogen and oxygen atoms in total. The van der Waals surface area contributed by atoms with Gasteiger partial charge in [0.1, 0.15) is 12.2 Å². The van der Waals surface area contributed by atoms with Gasteiger partial charge in [-0.25, -0.2) is 0 Å². The third-order valence-corrected chi connectivity index (χ3v) is 4.44. The monoisotopic (exact) mass is 372 g/mol. The molecule has 0 amide bonds. The van der Waals surface area contributed by atoms with Crippen molar-refractivity contribution in [3.8, 4) is 0 Å². The quantitative estimate of drug-likeness (QED) is 0.383. The number of benzene rings is 2. The second kappa shape index (κ2) is 7.89. The zero-order chi connectivity index (χ0) is 20.2. The summed E-state index contributed by atoms with van der Waals surface area (Å²) in [6, 6.07) is 14.6. The highest BCUT2D eigenvalue weighted by molar-refractivity contribution is 6.07. The van der Waals surface area contributed by atoms with E-state index >= 15 is 0 Å². The van der Waals surface area contributed by atoms with Gasteiger partial charge in [0.2, 0.25) is 5.78 Å². The van der Waals surface area contributed by atoms with Crippen LogP contribution in [0, 0.1) is 0 Å². The van der Waals surface area contributed by atoms with Gasteiger partial charge >= 0.3 is 0 Å². The van der Waals surface area contributed by atoms with E-state index in [1.165, 1.54) is 48.5 Å². The average molecular weight is 372 g/mol. The highest BCUT2D eigenvalue weighted by atomic mass is 16.4. The molecule has 7 heteroatoms. The van der Waals surface area contributed by atoms with E-state index < -0.39 is 35.0 Å². The maximum atomic E-state index is 12.8. The normalized spacial score (nSPS) is 17.8. The van der Waals surface area contributed by atoms with Crippen LogP contribution in [0.3, 0.4) is 0 Å². The van der Waals surface area contributed by atoms with Crippen LogP contribution in [0.2, 0.25) is 0 Å². The molecule has 4 unspecified atom stereocenters. The Morgan fingerprint density at radius 3 is 1.78 bits per heavy atom. The predicted octanol–water partition coefficient (Wildman–Crippen LogP) is 0.155. The van der Waals surface area contributed by atoms with Gasteiger partial charge in [-0.2, -0.15) is 0 Å². The molecule has 0 aliphatic rings. The average Bonchev–Trinajstić information content (AvgIpc) is 2.72. The van der Waals surface area contributed by atoms with Gasteiger partial charge in [0.15, 0.2) is 23.3 Å². The van der Waals surface area contributed by atoms with Crippen LogP contribution in [0.1, 0.15) is 27.6 Å². The van der Waals surface area contributed by atoms with E-state index in [4.69, 9.17) is 0 Å². The molecular formula is C20H20O7. The summed E-state index contributed by atoms with van der Waals surface area (Å²) >= 11 is 0. The largest absolute Gasteiger partial charge is 0.386 e. The van der Waals surface area contributed by atoms with Gasteiger partial charge < -0.3 is 25.2 Å². The first-order chi connectivity index (χ1) is 12.7. The number of carbonyl (C=O) groups is 3. The van der Waals surface area contributed by atoms with E-state index in [-0.39, 0.29) is 17.4 Å².